The van der Waals surface area contributed by atoms with Crippen LogP contribution in [0, 0.1) is 6.92 Å². The molecule has 0 radical (unpaired) electrons. The number of aliphatic hydroxyl groups is 1. The summed E-state index contributed by atoms with van der Waals surface area (Å²) in [5.41, 5.74) is 3.76. The van der Waals surface area contributed by atoms with Gasteiger partial charge in [0.05, 0.1) is 32.7 Å². The number of nitrogens with one attached hydrogen (secondary N) is 1. The van der Waals surface area contributed by atoms with Crippen molar-refractivity contribution in [3.05, 3.63) is 46.8 Å². The second-order valence-electron chi connectivity index (χ2n) is 5.06. The first kappa shape index (κ1) is 18.2. The van der Waals surface area contributed by atoms with Crippen molar-refractivity contribution in [2.24, 2.45) is 5.10 Å². The first-order chi connectivity index (χ1) is 12.0. The van der Waals surface area contributed by atoms with E-state index in [1.54, 1.807) is 19.1 Å². The van der Waals surface area contributed by atoms with E-state index in [-0.39, 0.29) is 12.4 Å². The molecule has 2 rings (SSSR count). The van der Waals surface area contributed by atoms with Gasteiger partial charge in [-0.25, -0.2) is 5.43 Å². The number of hydrogen-bond donors (Lipinski definition) is 3. The van der Waals surface area contributed by atoms with Gasteiger partial charge in [-0.05, 0) is 25.1 Å². The van der Waals surface area contributed by atoms with Crippen LogP contribution in [0.4, 0.5) is 0 Å². The second-order valence-corrected chi connectivity index (χ2v) is 5.06. The Morgan fingerprint density at radius 2 is 2.04 bits per heavy atom. The van der Waals surface area contributed by atoms with Gasteiger partial charge in [0.1, 0.15) is 5.75 Å². The molecule has 8 heteroatoms. The number of rotatable bonds is 6. The fourth-order valence-electron chi connectivity index (χ4n) is 2.12. The van der Waals surface area contributed by atoms with Crippen LogP contribution >= 0.6 is 0 Å². The lowest BCUT2D eigenvalue weighted by molar-refractivity contribution is 0.0954. The number of hydrogen-bond acceptors (Lipinski definition) is 7. The minimum atomic E-state index is -0.465. The van der Waals surface area contributed by atoms with Gasteiger partial charge >= 0.3 is 0 Å². The van der Waals surface area contributed by atoms with E-state index in [0.29, 0.717) is 33.9 Å². The van der Waals surface area contributed by atoms with Crippen LogP contribution in [0.1, 0.15) is 27.2 Å². The molecule has 132 valence electrons. The number of aryl methyl sites for hydroxylation is 1. The minimum absolute atomic E-state index is 0.101. The molecule has 0 spiro atoms. The van der Waals surface area contributed by atoms with Gasteiger partial charge in [-0.15, -0.1) is 0 Å². The molecule has 0 bridgehead atoms. The lowest BCUT2D eigenvalue weighted by atomic mass is 10.1. The third kappa shape index (κ3) is 4.04. The van der Waals surface area contributed by atoms with Gasteiger partial charge in [0.2, 0.25) is 0 Å². The Labute approximate surface area is 144 Å². The number of ether oxygens (including phenoxy) is 2. The van der Waals surface area contributed by atoms with Gasteiger partial charge in [0.25, 0.3) is 5.91 Å². The van der Waals surface area contributed by atoms with E-state index < -0.39 is 5.91 Å². The van der Waals surface area contributed by atoms with Crippen LogP contribution in [0.2, 0.25) is 0 Å². The molecule has 3 N–H and O–H groups in total. The number of aliphatic hydroxyl groups excluding tert-OH is 1. The van der Waals surface area contributed by atoms with Crippen LogP contribution in [-0.2, 0) is 6.61 Å². The molecular weight excluding hydrogens is 326 g/mol. The van der Waals surface area contributed by atoms with E-state index in [1.807, 2.05) is 0 Å². The van der Waals surface area contributed by atoms with Crippen LogP contribution in [0.15, 0.2) is 29.5 Å². The zero-order valence-corrected chi connectivity index (χ0v) is 14.1. The topological polar surface area (TPSA) is 113 Å². The first-order valence-electron chi connectivity index (χ1n) is 7.35. The maximum Gasteiger partial charge on any atom is 0.271 e. The SMILES string of the molecule is COc1ccc(C(=O)N/N=C/c2c(CO)cnc(C)c2O)cc1OC. The average molecular weight is 345 g/mol. The van der Waals surface area contributed by atoms with E-state index in [2.05, 4.69) is 15.5 Å². The molecule has 25 heavy (non-hydrogen) atoms. The monoisotopic (exact) mass is 345 g/mol. The van der Waals surface area contributed by atoms with Crippen LogP contribution in [-0.4, -0.2) is 41.5 Å². The number of aromatic nitrogens is 1. The Morgan fingerprint density at radius 3 is 2.68 bits per heavy atom. The molecule has 0 aliphatic carbocycles. The lowest BCUT2D eigenvalue weighted by Gasteiger charge is -2.09. The van der Waals surface area contributed by atoms with Gasteiger partial charge < -0.3 is 19.7 Å². The van der Waals surface area contributed by atoms with Crippen molar-refractivity contribution >= 4 is 12.1 Å². The van der Waals surface area contributed by atoms with Gasteiger partial charge in [-0.1, -0.05) is 0 Å². The molecule has 1 heterocycles. The third-order valence-corrected chi connectivity index (χ3v) is 3.53. The number of nitrogens with zero attached hydrogens (tertiary/aromatic N) is 2. The number of amides is 1. The number of aromatic hydroxyl groups is 1. The number of pyridine rings is 1. The maximum absolute atomic E-state index is 12.2. The molecule has 1 aromatic heterocycles. The van der Waals surface area contributed by atoms with Crippen LogP contribution in [0.5, 0.6) is 17.2 Å². The number of hydrazone groups is 1. The highest BCUT2D eigenvalue weighted by Crippen LogP contribution is 2.27. The molecule has 0 saturated carbocycles. The highest BCUT2D eigenvalue weighted by molar-refractivity contribution is 5.96. The van der Waals surface area contributed by atoms with Crippen molar-refractivity contribution in [2.45, 2.75) is 13.5 Å². The summed E-state index contributed by atoms with van der Waals surface area (Å²) in [5.74, 6) is 0.361. The second kappa shape index (κ2) is 8.11. The molecule has 0 aliphatic heterocycles. The summed E-state index contributed by atoms with van der Waals surface area (Å²) >= 11 is 0. The smallest absolute Gasteiger partial charge is 0.271 e. The van der Waals surface area contributed by atoms with Crippen molar-refractivity contribution in [1.82, 2.24) is 10.4 Å². The highest BCUT2D eigenvalue weighted by atomic mass is 16.5. The fraction of sp³-hybridized carbons (Fsp3) is 0.235. The summed E-state index contributed by atoms with van der Waals surface area (Å²) in [6.45, 7) is 1.31. The standard InChI is InChI=1S/C17H19N3O5/c1-10-16(22)13(12(9-21)7-18-10)8-19-20-17(23)11-4-5-14(24-2)15(6-11)25-3/h4-8,21-22H,9H2,1-3H3,(H,20,23)/b19-8+. The van der Waals surface area contributed by atoms with E-state index >= 15 is 0 Å². The summed E-state index contributed by atoms with van der Waals surface area (Å²) < 4.78 is 10.3. The van der Waals surface area contributed by atoms with Crippen LogP contribution in [0.3, 0.4) is 0 Å². The molecule has 0 saturated heterocycles. The molecule has 0 aliphatic rings. The normalized spacial score (nSPS) is 10.7. The largest absolute Gasteiger partial charge is 0.505 e. The molecular formula is C17H19N3O5. The van der Waals surface area contributed by atoms with Crippen molar-refractivity contribution in [2.75, 3.05) is 14.2 Å². The number of carbonyl (C=O) groups is 1. The number of carbonyl (C=O) groups excluding carboxylic acids is 1. The van der Waals surface area contributed by atoms with E-state index in [0.717, 1.165) is 0 Å². The maximum atomic E-state index is 12.2. The van der Waals surface area contributed by atoms with Crippen molar-refractivity contribution in [1.29, 1.82) is 0 Å². The quantitative estimate of drug-likeness (QED) is 0.538. The summed E-state index contributed by atoms with van der Waals surface area (Å²) in [4.78, 5) is 16.1. The van der Waals surface area contributed by atoms with Gasteiger partial charge in [0, 0.05) is 22.9 Å². The molecule has 8 nitrogen and oxygen atoms in total. The fourth-order valence-corrected chi connectivity index (χ4v) is 2.12. The van der Waals surface area contributed by atoms with Gasteiger partial charge in [-0.3, -0.25) is 9.78 Å². The molecule has 1 aromatic carbocycles. The molecule has 0 unspecified atom stereocenters. The van der Waals surface area contributed by atoms with Gasteiger partial charge in [0.15, 0.2) is 11.5 Å². The Hall–Kier alpha value is -3.13. The molecule has 1 amide bonds. The van der Waals surface area contributed by atoms with Crippen LogP contribution < -0.4 is 14.9 Å². The average Bonchev–Trinajstić information content (AvgIpc) is 2.64. The van der Waals surface area contributed by atoms with Crippen molar-refractivity contribution < 1.29 is 24.5 Å². The Balaban J connectivity index is 2.18. The molecule has 0 fully saturated rings. The lowest BCUT2D eigenvalue weighted by Crippen LogP contribution is -2.18. The zero-order valence-electron chi connectivity index (χ0n) is 14.1. The van der Waals surface area contributed by atoms with E-state index in [4.69, 9.17) is 9.47 Å². The summed E-state index contributed by atoms with van der Waals surface area (Å²) in [7, 11) is 2.98. The number of benzene rings is 1. The first-order valence-corrected chi connectivity index (χ1v) is 7.35. The molecule has 0 atom stereocenters. The predicted molar refractivity (Wildman–Crippen MR) is 91.2 cm³/mol. The van der Waals surface area contributed by atoms with Crippen LogP contribution in [0.25, 0.3) is 0 Å². The Morgan fingerprint density at radius 1 is 1.32 bits per heavy atom. The Bertz CT molecular complexity index is 805. The van der Waals surface area contributed by atoms with E-state index in [1.165, 1.54) is 32.7 Å². The van der Waals surface area contributed by atoms with Gasteiger partial charge in [-0.2, -0.15) is 5.10 Å². The third-order valence-electron chi connectivity index (χ3n) is 3.53. The number of methoxy groups -OCH3 is 2. The highest BCUT2D eigenvalue weighted by Gasteiger charge is 2.11. The summed E-state index contributed by atoms with van der Waals surface area (Å²) in [6.07, 6.45) is 2.70. The predicted octanol–water partition coefficient (Wildman–Crippen LogP) is 1.37. The minimum Gasteiger partial charge on any atom is -0.505 e. The van der Waals surface area contributed by atoms with Crippen molar-refractivity contribution in [3.8, 4) is 17.2 Å². The Kier molecular flexibility index (Phi) is 5.91. The summed E-state index contributed by atoms with van der Waals surface area (Å²) in [5, 5.41) is 23.1. The van der Waals surface area contributed by atoms with Crippen molar-refractivity contribution in [3.63, 3.8) is 0 Å². The molecule has 2 aromatic rings. The zero-order chi connectivity index (χ0) is 18.4. The van der Waals surface area contributed by atoms with E-state index in [9.17, 15) is 15.0 Å². The summed E-state index contributed by atoms with van der Waals surface area (Å²) in [6, 6.07) is 4.70.